The topological polar surface area (TPSA) is 135 Å². The summed E-state index contributed by atoms with van der Waals surface area (Å²) in [5.41, 5.74) is -0.257. The fourth-order valence-corrected chi connectivity index (χ4v) is 9.76. The van der Waals surface area contributed by atoms with Gasteiger partial charge in [0, 0.05) is 20.0 Å². The van der Waals surface area contributed by atoms with Crippen LogP contribution >= 0.6 is 0 Å². The summed E-state index contributed by atoms with van der Waals surface area (Å²) in [5.74, 6) is 0.817. The minimum atomic E-state index is -4.11. The highest BCUT2D eigenvalue weighted by Gasteiger charge is 2.65. The Morgan fingerprint density at radius 3 is 2.42 bits per heavy atom. The Balaban J connectivity index is 1.44. The molecule has 4 rings (SSSR count). The number of amides is 1. The molecule has 0 aromatic carbocycles. The molecule has 11 atom stereocenters. The molecule has 1 amide bonds. The van der Waals surface area contributed by atoms with Crippen molar-refractivity contribution in [2.24, 2.45) is 46.3 Å². The van der Waals surface area contributed by atoms with Gasteiger partial charge in [-0.05, 0) is 97.7 Å². The number of carbonyl (C=O) groups excluding carboxylic acids is 1. The molecule has 208 valence electrons. The van der Waals surface area contributed by atoms with Gasteiger partial charge >= 0.3 is 0 Å². The number of aliphatic hydroxyl groups is 3. The van der Waals surface area contributed by atoms with Crippen LogP contribution in [0.5, 0.6) is 0 Å². The maximum absolute atomic E-state index is 12.6. The third kappa shape index (κ3) is 4.99. The highest BCUT2D eigenvalue weighted by molar-refractivity contribution is 7.85. The van der Waals surface area contributed by atoms with Gasteiger partial charge in [-0.25, -0.2) is 0 Å². The van der Waals surface area contributed by atoms with Gasteiger partial charge in [-0.15, -0.1) is 0 Å². The molecule has 9 heteroatoms. The lowest BCUT2D eigenvalue weighted by Crippen LogP contribution is -2.62. The highest BCUT2D eigenvalue weighted by Crippen LogP contribution is 2.68. The standard InChI is InChI=1S/C27H47NO7S/c1-16(5-8-24(32)28(4)11-12-36(33,34)35)19-6-7-20-25-21(15-23(31)27(19,20)3)26(2)10-9-18(29)13-17(26)14-22(25)30/h16-23,25,29-31H,5-15H2,1-4H3,(H,33,34,35)/t16-,17?,18-,19-,20?,21?,22?,23+,25?,26+,27-/m1/s1. The van der Waals surface area contributed by atoms with Crippen molar-refractivity contribution in [3.05, 3.63) is 0 Å². The maximum Gasteiger partial charge on any atom is 0.266 e. The van der Waals surface area contributed by atoms with Gasteiger partial charge in [0.15, 0.2) is 0 Å². The van der Waals surface area contributed by atoms with Crippen molar-refractivity contribution in [1.82, 2.24) is 4.90 Å². The normalized spacial score (nSPS) is 45.3. The zero-order chi connectivity index (χ0) is 26.6. The highest BCUT2D eigenvalue weighted by atomic mass is 32.2. The summed E-state index contributed by atoms with van der Waals surface area (Å²) >= 11 is 0. The molecule has 36 heavy (non-hydrogen) atoms. The van der Waals surface area contributed by atoms with Crippen molar-refractivity contribution in [2.75, 3.05) is 19.3 Å². The Hall–Kier alpha value is -0.740. The number of hydrogen-bond acceptors (Lipinski definition) is 6. The average molecular weight is 530 g/mol. The van der Waals surface area contributed by atoms with Crippen LogP contribution in [0, 0.1) is 46.3 Å². The van der Waals surface area contributed by atoms with Crippen LogP contribution in [-0.4, -0.2) is 76.8 Å². The molecule has 0 saturated heterocycles. The fraction of sp³-hybridized carbons (Fsp3) is 0.963. The first kappa shape index (κ1) is 28.3. The van der Waals surface area contributed by atoms with E-state index in [9.17, 15) is 28.5 Å². The molecule has 0 bridgehead atoms. The largest absolute Gasteiger partial charge is 0.393 e. The van der Waals surface area contributed by atoms with E-state index >= 15 is 0 Å². The predicted molar refractivity (Wildman–Crippen MR) is 136 cm³/mol. The number of rotatable bonds is 7. The van der Waals surface area contributed by atoms with E-state index in [-0.39, 0.29) is 59.0 Å². The van der Waals surface area contributed by atoms with Crippen LogP contribution in [0.1, 0.15) is 78.6 Å². The Bertz CT molecular complexity index is 927. The molecule has 0 radical (unpaired) electrons. The number of nitrogens with zero attached hydrogens (tertiary/aromatic N) is 1. The van der Waals surface area contributed by atoms with E-state index in [1.165, 1.54) is 4.90 Å². The summed E-state index contributed by atoms with van der Waals surface area (Å²) in [6.07, 6.45) is 5.71. The van der Waals surface area contributed by atoms with Crippen molar-refractivity contribution >= 4 is 16.0 Å². The van der Waals surface area contributed by atoms with Gasteiger partial charge < -0.3 is 20.2 Å². The molecule has 4 aliphatic rings. The minimum absolute atomic E-state index is 0.0360. The van der Waals surface area contributed by atoms with Crippen LogP contribution in [0.3, 0.4) is 0 Å². The molecule has 8 nitrogen and oxygen atoms in total. The van der Waals surface area contributed by atoms with Gasteiger partial charge in [0.1, 0.15) is 0 Å². The molecule has 0 aromatic rings. The smallest absolute Gasteiger partial charge is 0.266 e. The molecule has 4 saturated carbocycles. The molecule has 0 heterocycles. The molecule has 4 fully saturated rings. The fourth-order valence-electron chi connectivity index (χ4n) is 9.25. The second kappa shape index (κ2) is 10.1. The lowest BCUT2D eigenvalue weighted by atomic mass is 9.43. The van der Waals surface area contributed by atoms with E-state index in [0.717, 1.165) is 38.5 Å². The van der Waals surface area contributed by atoms with Gasteiger partial charge in [-0.2, -0.15) is 8.42 Å². The lowest BCUT2D eigenvalue weighted by Gasteiger charge is -2.63. The average Bonchev–Trinajstić information content (AvgIpc) is 3.15. The summed E-state index contributed by atoms with van der Waals surface area (Å²) < 4.78 is 30.9. The molecule has 0 aliphatic heterocycles. The van der Waals surface area contributed by atoms with E-state index < -0.39 is 28.1 Å². The maximum atomic E-state index is 12.6. The molecule has 5 unspecified atom stereocenters. The van der Waals surface area contributed by atoms with Gasteiger partial charge in [0.2, 0.25) is 5.91 Å². The molecule has 0 spiro atoms. The van der Waals surface area contributed by atoms with Gasteiger partial charge in [0.05, 0.1) is 24.1 Å². The van der Waals surface area contributed by atoms with Gasteiger partial charge in [-0.3, -0.25) is 9.35 Å². The van der Waals surface area contributed by atoms with Crippen LogP contribution in [0.25, 0.3) is 0 Å². The van der Waals surface area contributed by atoms with Crippen molar-refractivity contribution in [3.8, 4) is 0 Å². The summed E-state index contributed by atoms with van der Waals surface area (Å²) in [5, 5.41) is 33.3. The van der Waals surface area contributed by atoms with Crippen LogP contribution in [0.15, 0.2) is 0 Å². The molecule has 4 aliphatic carbocycles. The zero-order valence-corrected chi connectivity index (χ0v) is 23.2. The van der Waals surface area contributed by atoms with Crippen molar-refractivity contribution in [2.45, 2.75) is 96.9 Å². The van der Waals surface area contributed by atoms with E-state index in [1.54, 1.807) is 7.05 Å². The van der Waals surface area contributed by atoms with E-state index in [2.05, 4.69) is 20.8 Å². The summed E-state index contributed by atoms with van der Waals surface area (Å²) in [6.45, 7) is 6.66. The summed E-state index contributed by atoms with van der Waals surface area (Å²) in [7, 11) is -2.55. The van der Waals surface area contributed by atoms with Crippen LogP contribution in [0.2, 0.25) is 0 Å². The third-order valence-corrected chi connectivity index (χ3v) is 12.1. The number of hydrogen-bond donors (Lipinski definition) is 4. The lowest BCUT2D eigenvalue weighted by molar-refractivity contribution is -0.207. The van der Waals surface area contributed by atoms with E-state index in [0.29, 0.717) is 25.2 Å². The van der Waals surface area contributed by atoms with Gasteiger partial charge in [-0.1, -0.05) is 20.8 Å². The van der Waals surface area contributed by atoms with Crippen molar-refractivity contribution in [1.29, 1.82) is 0 Å². The second-order valence-electron chi connectivity index (χ2n) is 13.1. The monoisotopic (exact) mass is 529 g/mol. The van der Waals surface area contributed by atoms with Gasteiger partial charge in [0.25, 0.3) is 10.1 Å². The predicted octanol–water partition coefficient (Wildman–Crippen LogP) is 2.71. The number of aliphatic hydroxyl groups excluding tert-OH is 3. The Morgan fingerprint density at radius 2 is 1.75 bits per heavy atom. The molecular formula is C27H47NO7S. The Labute approximate surface area is 216 Å². The zero-order valence-electron chi connectivity index (χ0n) is 22.3. The number of fused-ring (bicyclic) bond motifs is 5. The quantitative estimate of drug-likeness (QED) is 0.372. The third-order valence-electron chi connectivity index (χ3n) is 11.4. The first-order valence-electron chi connectivity index (χ1n) is 13.9. The van der Waals surface area contributed by atoms with Crippen LogP contribution < -0.4 is 0 Å². The minimum Gasteiger partial charge on any atom is -0.393 e. The first-order valence-corrected chi connectivity index (χ1v) is 15.5. The molecule has 4 N–H and O–H groups in total. The van der Waals surface area contributed by atoms with Crippen molar-refractivity contribution in [3.63, 3.8) is 0 Å². The first-order chi connectivity index (χ1) is 16.7. The molecular weight excluding hydrogens is 482 g/mol. The summed E-state index contributed by atoms with van der Waals surface area (Å²) in [4.78, 5) is 13.9. The second-order valence-corrected chi connectivity index (χ2v) is 14.7. The molecule has 0 aromatic heterocycles. The van der Waals surface area contributed by atoms with E-state index in [1.807, 2.05) is 0 Å². The summed E-state index contributed by atoms with van der Waals surface area (Å²) in [6, 6.07) is 0. The van der Waals surface area contributed by atoms with E-state index in [4.69, 9.17) is 4.55 Å². The Kier molecular flexibility index (Phi) is 7.93. The SMILES string of the molecule is C[C@H](CCC(=O)N(C)CCS(=O)(=O)O)[C@H]1CCC2C3C(O)CC4C[C@H](O)CC[C@]4(C)C3C[C@H](O)[C@@]21C. The number of carbonyl (C=O) groups is 1. The Morgan fingerprint density at radius 1 is 1.06 bits per heavy atom. The van der Waals surface area contributed by atoms with Crippen molar-refractivity contribution < 1.29 is 33.1 Å². The van der Waals surface area contributed by atoms with Crippen LogP contribution in [-0.2, 0) is 14.9 Å². The van der Waals surface area contributed by atoms with Crippen LogP contribution in [0.4, 0.5) is 0 Å².